The van der Waals surface area contributed by atoms with Gasteiger partial charge in [0, 0.05) is 32.0 Å². The van der Waals surface area contributed by atoms with Crippen LogP contribution in [0, 0.1) is 0 Å². The van der Waals surface area contributed by atoms with Crippen molar-refractivity contribution in [1.82, 2.24) is 20.2 Å². The number of hydrogen-bond donors (Lipinski definition) is 4. The number of nitrogens with one attached hydrogen (secondary N) is 3. The zero-order valence-corrected chi connectivity index (χ0v) is 17.9. The van der Waals surface area contributed by atoms with Gasteiger partial charge in [0.05, 0.1) is 11.9 Å². The highest BCUT2D eigenvalue weighted by atomic mass is 35.5. The second-order valence-electron chi connectivity index (χ2n) is 6.60. The molecule has 2 aromatic rings. The predicted octanol–water partition coefficient (Wildman–Crippen LogP) is 1.70. The van der Waals surface area contributed by atoms with Gasteiger partial charge in [-0.1, -0.05) is 41.9 Å². The van der Waals surface area contributed by atoms with E-state index in [1.54, 1.807) is 0 Å². The highest BCUT2D eigenvalue weighted by Gasteiger charge is 2.07. The Morgan fingerprint density at radius 2 is 2.07 bits per heavy atom. The van der Waals surface area contributed by atoms with Crippen LogP contribution < -0.4 is 21.7 Å². The van der Waals surface area contributed by atoms with E-state index in [4.69, 9.17) is 17.3 Å². The molecule has 0 atom stereocenters. The van der Waals surface area contributed by atoms with E-state index in [2.05, 4.69) is 30.9 Å². The van der Waals surface area contributed by atoms with Gasteiger partial charge in [-0.25, -0.2) is 4.98 Å². The molecule has 1 heterocycles. The minimum absolute atomic E-state index is 0.00218. The number of carbonyl (C=O) groups is 1. The molecule has 0 saturated carbocycles. The summed E-state index contributed by atoms with van der Waals surface area (Å²) in [4.78, 5) is 26.4. The number of amides is 1. The fourth-order valence-electron chi connectivity index (χ4n) is 2.28. The van der Waals surface area contributed by atoms with Crippen molar-refractivity contribution < 1.29 is 4.79 Å². The Kier molecular flexibility index (Phi) is 9.56. The fourth-order valence-corrected chi connectivity index (χ4v) is 2.44. The van der Waals surface area contributed by atoms with Crippen molar-refractivity contribution in [3.8, 4) is 0 Å². The third-order valence-corrected chi connectivity index (χ3v) is 4.11. The number of anilines is 2. The first-order chi connectivity index (χ1) is 14.5. The molecule has 30 heavy (non-hydrogen) atoms. The van der Waals surface area contributed by atoms with Gasteiger partial charge < -0.3 is 26.6 Å². The number of benzene rings is 1. The highest BCUT2D eigenvalue weighted by Crippen LogP contribution is 2.20. The molecule has 5 N–H and O–H groups in total. The molecule has 1 aromatic heterocycles. The Morgan fingerprint density at radius 3 is 2.77 bits per heavy atom. The summed E-state index contributed by atoms with van der Waals surface area (Å²) in [6.07, 6.45) is 4.27. The van der Waals surface area contributed by atoms with Gasteiger partial charge in [-0.3, -0.25) is 9.79 Å². The number of carbonyl (C=O) groups excluding carboxylic acids is 1. The van der Waals surface area contributed by atoms with E-state index in [0.717, 1.165) is 12.1 Å². The maximum Gasteiger partial charge on any atom is 0.241 e. The zero-order valence-electron chi connectivity index (χ0n) is 17.1. The van der Waals surface area contributed by atoms with Gasteiger partial charge in [-0.05, 0) is 19.7 Å². The summed E-state index contributed by atoms with van der Waals surface area (Å²) in [5.74, 6) is 0.625. The molecule has 1 amide bonds. The van der Waals surface area contributed by atoms with E-state index in [1.165, 1.54) is 18.6 Å². The molecule has 0 radical (unpaired) electrons. The molecule has 0 aliphatic heterocycles. The fraction of sp³-hybridized carbons (Fsp3) is 0.300. The number of allylic oxidation sites excluding steroid dienone is 1. The van der Waals surface area contributed by atoms with Crippen LogP contribution in [0.2, 0.25) is 5.02 Å². The van der Waals surface area contributed by atoms with Crippen LogP contribution in [0.5, 0.6) is 0 Å². The second kappa shape index (κ2) is 12.4. The van der Waals surface area contributed by atoms with Crippen LogP contribution in [0.1, 0.15) is 5.56 Å². The number of nitrogens with two attached hydrogens (primary N) is 1. The quantitative estimate of drug-likeness (QED) is 0.400. The Balaban J connectivity index is 1.89. The van der Waals surface area contributed by atoms with E-state index < -0.39 is 0 Å². The molecule has 0 aliphatic rings. The first-order valence-electron chi connectivity index (χ1n) is 9.38. The van der Waals surface area contributed by atoms with Crippen LogP contribution in [0.15, 0.2) is 53.4 Å². The normalized spacial score (nSPS) is 11.7. The van der Waals surface area contributed by atoms with Crippen molar-refractivity contribution in [1.29, 1.82) is 0 Å². The third kappa shape index (κ3) is 8.46. The number of likely N-dealkylation sites (N-methyl/N-ethyl adjacent to an activating group) is 1. The van der Waals surface area contributed by atoms with E-state index >= 15 is 0 Å². The molecular formula is C20H27ClN8O. The van der Waals surface area contributed by atoms with Crippen molar-refractivity contribution in [2.45, 2.75) is 6.54 Å². The summed E-state index contributed by atoms with van der Waals surface area (Å²) in [5, 5.41) is 9.32. The standard InChI is InChI=1S/C20H27ClN8O/c1-29(2)9-8-24-18(30)14-23-12-16(10-22)27-20-26-13-17(21)19(28-20)25-11-15-6-4-3-5-7-15/h3-7,10,12-13H,8-9,11,14,22H2,1-2H3,(H,24,30)(H2,25,26,27,28). The average molecular weight is 431 g/mol. The molecule has 160 valence electrons. The van der Waals surface area contributed by atoms with Crippen LogP contribution in [0.4, 0.5) is 11.8 Å². The van der Waals surface area contributed by atoms with Crippen molar-refractivity contribution in [2.75, 3.05) is 44.4 Å². The van der Waals surface area contributed by atoms with E-state index in [-0.39, 0.29) is 12.5 Å². The first kappa shape index (κ1) is 23.1. The van der Waals surface area contributed by atoms with Gasteiger partial charge in [-0.2, -0.15) is 4.98 Å². The van der Waals surface area contributed by atoms with Crippen molar-refractivity contribution in [3.05, 3.63) is 59.0 Å². The van der Waals surface area contributed by atoms with Gasteiger partial charge >= 0.3 is 0 Å². The number of hydrogen-bond acceptors (Lipinski definition) is 8. The molecule has 1 aromatic carbocycles. The lowest BCUT2D eigenvalue weighted by atomic mass is 10.2. The molecule has 0 bridgehead atoms. The van der Waals surface area contributed by atoms with Gasteiger partial charge in [0.2, 0.25) is 11.9 Å². The topological polar surface area (TPSA) is 121 Å². The third-order valence-electron chi connectivity index (χ3n) is 3.83. The lowest BCUT2D eigenvalue weighted by molar-refractivity contribution is -0.119. The monoisotopic (exact) mass is 430 g/mol. The SMILES string of the molecule is CN(C)CCNC(=O)CN=CC(=CN)Nc1ncc(Cl)c(NCc2ccccc2)n1. The van der Waals surface area contributed by atoms with Crippen LogP contribution >= 0.6 is 11.6 Å². The minimum Gasteiger partial charge on any atom is -0.403 e. The van der Waals surface area contributed by atoms with Crippen LogP contribution in [-0.2, 0) is 11.3 Å². The summed E-state index contributed by atoms with van der Waals surface area (Å²) in [7, 11) is 3.88. The first-order valence-corrected chi connectivity index (χ1v) is 9.76. The maximum atomic E-state index is 11.8. The second-order valence-corrected chi connectivity index (χ2v) is 7.01. The van der Waals surface area contributed by atoms with Crippen molar-refractivity contribution in [3.63, 3.8) is 0 Å². The molecular weight excluding hydrogens is 404 g/mol. The van der Waals surface area contributed by atoms with Gasteiger partial charge in [0.1, 0.15) is 11.6 Å². The highest BCUT2D eigenvalue weighted by molar-refractivity contribution is 6.32. The Labute approximate surface area is 181 Å². The van der Waals surface area contributed by atoms with E-state index in [9.17, 15) is 4.79 Å². The summed E-state index contributed by atoms with van der Waals surface area (Å²) in [5.41, 5.74) is 7.18. The number of halogens is 1. The number of rotatable bonds is 11. The number of nitrogens with zero attached hydrogens (tertiary/aromatic N) is 4. The van der Waals surface area contributed by atoms with E-state index in [0.29, 0.717) is 35.6 Å². The largest absolute Gasteiger partial charge is 0.403 e. The van der Waals surface area contributed by atoms with Crippen molar-refractivity contribution >= 4 is 35.5 Å². The zero-order chi connectivity index (χ0) is 21.8. The lowest BCUT2D eigenvalue weighted by Crippen LogP contribution is -2.32. The predicted molar refractivity (Wildman–Crippen MR) is 122 cm³/mol. The number of aliphatic imine (C=N–C) groups is 1. The van der Waals surface area contributed by atoms with E-state index in [1.807, 2.05) is 49.3 Å². The Morgan fingerprint density at radius 1 is 1.30 bits per heavy atom. The molecule has 10 heteroatoms. The lowest BCUT2D eigenvalue weighted by Gasteiger charge is -2.10. The van der Waals surface area contributed by atoms with Crippen LogP contribution in [-0.4, -0.2) is 60.7 Å². The van der Waals surface area contributed by atoms with Gasteiger partial charge in [-0.15, -0.1) is 0 Å². The molecule has 0 saturated heterocycles. The summed E-state index contributed by atoms with van der Waals surface area (Å²) >= 11 is 6.18. The smallest absolute Gasteiger partial charge is 0.241 e. The Hall–Kier alpha value is -3.17. The number of aromatic nitrogens is 2. The molecule has 0 spiro atoms. The average Bonchev–Trinajstić information content (AvgIpc) is 2.73. The summed E-state index contributed by atoms with van der Waals surface area (Å²) < 4.78 is 0. The molecule has 0 unspecified atom stereocenters. The summed E-state index contributed by atoms with van der Waals surface area (Å²) in [6, 6.07) is 9.89. The van der Waals surface area contributed by atoms with Crippen LogP contribution in [0.3, 0.4) is 0 Å². The maximum absolute atomic E-state index is 11.8. The molecule has 0 aliphatic carbocycles. The molecule has 9 nitrogen and oxygen atoms in total. The minimum atomic E-state index is -0.167. The van der Waals surface area contributed by atoms with Crippen LogP contribution in [0.25, 0.3) is 0 Å². The molecule has 0 fully saturated rings. The summed E-state index contributed by atoms with van der Waals surface area (Å²) in [6.45, 7) is 1.90. The van der Waals surface area contributed by atoms with Gasteiger partial charge in [0.25, 0.3) is 0 Å². The van der Waals surface area contributed by atoms with Gasteiger partial charge in [0.15, 0.2) is 5.82 Å². The molecule has 2 rings (SSSR count). The van der Waals surface area contributed by atoms with Crippen molar-refractivity contribution in [2.24, 2.45) is 10.7 Å². The Bertz CT molecular complexity index is 870.